The van der Waals surface area contributed by atoms with Crippen LogP contribution in [0.15, 0.2) is 71.4 Å². The Kier molecular flexibility index (Phi) is 9.54. The summed E-state index contributed by atoms with van der Waals surface area (Å²) in [4.78, 5) is 27.6. The first-order valence-corrected chi connectivity index (χ1v) is 13.5. The minimum atomic E-state index is -0.594. The summed E-state index contributed by atoms with van der Waals surface area (Å²) < 4.78 is 12.6. The number of imide groups is 1. The Balaban J connectivity index is 1.82. The maximum atomic E-state index is 13.5. The molecule has 2 amide bonds. The average molecular weight is 559 g/mol. The largest absolute Gasteiger partial charge is 0.492 e. The number of nitriles is 1. The Morgan fingerprint density at radius 2 is 1.85 bits per heavy atom. The molecule has 2 aromatic carbocycles. The van der Waals surface area contributed by atoms with E-state index >= 15 is 0 Å². The van der Waals surface area contributed by atoms with Crippen molar-refractivity contribution in [1.29, 1.82) is 5.26 Å². The van der Waals surface area contributed by atoms with Crippen molar-refractivity contribution in [2.24, 2.45) is 0 Å². The molecular formula is C31H31ClN4O4. The second-order valence-electron chi connectivity index (χ2n) is 9.34. The minimum absolute atomic E-state index is 0.0584. The lowest BCUT2D eigenvalue weighted by molar-refractivity contribution is -0.140. The summed E-state index contributed by atoms with van der Waals surface area (Å²) in [6.45, 7) is 4.81. The third-order valence-corrected chi connectivity index (χ3v) is 6.87. The summed E-state index contributed by atoms with van der Waals surface area (Å²) >= 11 is 6.58. The van der Waals surface area contributed by atoms with E-state index in [0.29, 0.717) is 47.2 Å². The molecule has 9 heteroatoms. The number of rotatable bonds is 11. The average Bonchev–Trinajstić information content (AvgIpc) is 3.38. The molecule has 1 aliphatic rings. The van der Waals surface area contributed by atoms with E-state index in [9.17, 15) is 14.9 Å². The molecule has 0 aliphatic carbocycles. The van der Waals surface area contributed by atoms with Crippen LogP contribution < -0.4 is 4.74 Å². The third kappa shape index (κ3) is 6.17. The smallest absolute Gasteiger partial charge is 0.271 e. The van der Waals surface area contributed by atoms with Crippen LogP contribution in [0.3, 0.4) is 0 Å². The van der Waals surface area contributed by atoms with E-state index in [-0.39, 0.29) is 17.7 Å². The number of amides is 2. The SMILES string of the molecule is CCCCOc1ccc(-c2nn(-c3ccccc3)cc2/C=C2/C(=O)N(CCCOC)C(=O)C(C#N)=C2C)cc1Cl. The van der Waals surface area contributed by atoms with Crippen LogP contribution in [0.1, 0.15) is 38.7 Å². The number of benzene rings is 2. The lowest BCUT2D eigenvalue weighted by Gasteiger charge is -2.27. The fourth-order valence-electron chi connectivity index (χ4n) is 4.38. The van der Waals surface area contributed by atoms with Crippen molar-refractivity contribution in [1.82, 2.24) is 14.7 Å². The van der Waals surface area contributed by atoms with Gasteiger partial charge in [0, 0.05) is 43.2 Å². The molecule has 0 saturated heterocycles. The van der Waals surface area contributed by atoms with Gasteiger partial charge in [0.1, 0.15) is 23.1 Å². The fourth-order valence-corrected chi connectivity index (χ4v) is 4.61. The first kappa shape index (κ1) is 28.8. The van der Waals surface area contributed by atoms with E-state index in [1.165, 1.54) is 0 Å². The number of para-hydroxylation sites is 1. The maximum absolute atomic E-state index is 13.5. The Morgan fingerprint density at radius 3 is 2.52 bits per heavy atom. The number of aromatic nitrogens is 2. The summed E-state index contributed by atoms with van der Waals surface area (Å²) in [5.74, 6) is -0.469. The van der Waals surface area contributed by atoms with Gasteiger partial charge in [-0.1, -0.05) is 43.1 Å². The van der Waals surface area contributed by atoms with Crippen molar-refractivity contribution in [3.05, 3.63) is 82.0 Å². The monoisotopic (exact) mass is 558 g/mol. The number of nitrogens with zero attached hydrogens (tertiary/aromatic N) is 4. The molecular weight excluding hydrogens is 528 g/mol. The van der Waals surface area contributed by atoms with Crippen LogP contribution in [0.2, 0.25) is 5.02 Å². The zero-order valence-corrected chi connectivity index (χ0v) is 23.6. The molecule has 0 N–H and O–H groups in total. The topological polar surface area (TPSA) is 97.4 Å². The Bertz CT molecular complexity index is 1500. The van der Waals surface area contributed by atoms with Gasteiger partial charge < -0.3 is 9.47 Å². The Hall–Kier alpha value is -4.19. The summed E-state index contributed by atoms with van der Waals surface area (Å²) in [6.07, 6.45) is 5.90. The quantitative estimate of drug-likeness (QED) is 0.163. The number of carbonyl (C=O) groups excluding carboxylic acids is 2. The van der Waals surface area contributed by atoms with Crippen molar-refractivity contribution in [3.63, 3.8) is 0 Å². The number of carbonyl (C=O) groups is 2. The van der Waals surface area contributed by atoms with E-state index in [1.807, 2.05) is 54.7 Å². The van der Waals surface area contributed by atoms with Gasteiger partial charge in [-0.2, -0.15) is 10.4 Å². The van der Waals surface area contributed by atoms with E-state index in [4.69, 9.17) is 26.2 Å². The molecule has 0 saturated carbocycles. The maximum Gasteiger partial charge on any atom is 0.271 e. The summed E-state index contributed by atoms with van der Waals surface area (Å²) in [5, 5.41) is 15.0. The van der Waals surface area contributed by atoms with Gasteiger partial charge in [0.05, 0.1) is 17.3 Å². The molecule has 0 fully saturated rings. The first-order chi connectivity index (χ1) is 19.4. The number of unbranched alkanes of at least 4 members (excludes halogenated alkanes) is 1. The Morgan fingerprint density at radius 1 is 1.07 bits per heavy atom. The molecule has 40 heavy (non-hydrogen) atoms. The highest BCUT2D eigenvalue weighted by Crippen LogP contribution is 2.34. The number of methoxy groups -OCH3 is 1. The predicted molar refractivity (Wildman–Crippen MR) is 154 cm³/mol. The Labute approximate surface area is 239 Å². The second-order valence-corrected chi connectivity index (χ2v) is 9.75. The summed E-state index contributed by atoms with van der Waals surface area (Å²) in [6, 6.07) is 17.0. The molecule has 206 valence electrons. The molecule has 0 radical (unpaired) electrons. The van der Waals surface area contributed by atoms with E-state index in [1.54, 1.807) is 30.9 Å². The van der Waals surface area contributed by atoms with Crippen LogP contribution in [0.25, 0.3) is 23.0 Å². The van der Waals surface area contributed by atoms with E-state index < -0.39 is 11.8 Å². The minimum Gasteiger partial charge on any atom is -0.492 e. The van der Waals surface area contributed by atoms with Gasteiger partial charge >= 0.3 is 0 Å². The highest BCUT2D eigenvalue weighted by molar-refractivity contribution is 6.32. The van der Waals surface area contributed by atoms with Gasteiger partial charge in [0.15, 0.2) is 0 Å². The molecule has 1 aliphatic heterocycles. The first-order valence-electron chi connectivity index (χ1n) is 13.2. The van der Waals surface area contributed by atoms with Crippen molar-refractivity contribution in [2.45, 2.75) is 33.1 Å². The van der Waals surface area contributed by atoms with E-state index in [0.717, 1.165) is 29.0 Å². The predicted octanol–water partition coefficient (Wildman–Crippen LogP) is 6.00. The van der Waals surface area contributed by atoms with Gasteiger partial charge in [0.25, 0.3) is 11.8 Å². The molecule has 0 unspecified atom stereocenters. The molecule has 1 aromatic heterocycles. The van der Waals surface area contributed by atoms with Gasteiger partial charge in [-0.25, -0.2) is 4.68 Å². The fraction of sp³-hybridized carbons (Fsp3) is 0.290. The molecule has 0 bridgehead atoms. The zero-order chi connectivity index (χ0) is 28.6. The molecule has 0 atom stereocenters. The number of ether oxygens (including phenoxy) is 2. The summed E-state index contributed by atoms with van der Waals surface area (Å²) in [7, 11) is 1.55. The van der Waals surface area contributed by atoms with Crippen LogP contribution in [-0.4, -0.2) is 53.4 Å². The van der Waals surface area contributed by atoms with Crippen molar-refractivity contribution >= 4 is 29.5 Å². The lowest BCUT2D eigenvalue weighted by atomic mass is 9.93. The van der Waals surface area contributed by atoms with Crippen molar-refractivity contribution in [2.75, 3.05) is 26.9 Å². The highest BCUT2D eigenvalue weighted by atomic mass is 35.5. The molecule has 3 aromatic rings. The van der Waals surface area contributed by atoms with Gasteiger partial charge in [-0.05, 0) is 61.7 Å². The normalized spacial score (nSPS) is 14.7. The molecule has 4 rings (SSSR count). The van der Waals surface area contributed by atoms with Crippen LogP contribution in [0.5, 0.6) is 5.75 Å². The van der Waals surface area contributed by atoms with Crippen molar-refractivity contribution in [3.8, 4) is 28.8 Å². The summed E-state index contributed by atoms with van der Waals surface area (Å²) in [5.41, 5.74) is 3.30. The lowest BCUT2D eigenvalue weighted by Crippen LogP contribution is -2.43. The van der Waals surface area contributed by atoms with Crippen molar-refractivity contribution < 1.29 is 19.1 Å². The van der Waals surface area contributed by atoms with Crippen LogP contribution >= 0.6 is 11.6 Å². The molecule has 8 nitrogen and oxygen atoms in total. The molecule has 0 spiro atoms. The van der Waals surface area contributed by atoms with Crippen LogP contribution in [0.4, 0.5) is 0 Å². The van der Waals surface area contributed by atoms with Crippen LogP contribution in [0, 0.1) is 11.3 Å². The van der Waals surface area contributed by atoms with Gasteiger partial charge in [0.2, 0.25) is 0 Å². The zero-order valence-electron chi connectivity index (χ0n) is 22.8. The number of halogens is 1. The second kappa shape index (κ2) is 13.2. The standard InChI is InChI=1S/C31H31ClN4O4/c1-4-5-16-40-28-13-12-22(18-27(28)32)29-23(20-36(34-29)24-10-7-6-8-11-24)17-25-21(2)26(19-33)31(38)35(30(25)37)14-9-15-39-3/h6-8,10-13,17-18,20H,4-5,9,14-16H2,1-3H3/b25-17+. The van der Waals surface area contributed by atoms with Gasteiger partial charge in [-0.15, -0.1) is 0 Å². The van der Waals surface area contributed by atoms with Crippen LogP contribution in [-0.2, 0) is 14.3 Å². The number of hydrogen-bond acceptors (Lipinski definition) is 6. The number of hydrogen-bond donors (Lipinski definition) is 0. The van der Waals surface area contributed by atoms with E-state index in [2.05, 4.69) is 6.92 Å². The van der Waals surface area contributed by atoms with Gasteiger partial charge in [-0.3, -0.25) is 14.5 Å². The highest BCUT2D eigenvalue weighted by Gasteiger charge is 2.35. The molecule has 2 heterocycles. The third-order valence-electron chi connectivity index (χ3n) is 6.58.